The van der Waals surface area contributed by atoms with Crippen molar-refractivity contribution in [2.24, 2.45) is 0 Å². The van der Waals surface area contributed by atoms with Gasteiger partial charge in [0.15, 0.2) is 12.3 Å². The van der Waals surface area contributed by atoms with Gasteiger partial charge in [0.2, 0.25) is 5.88 Å². The number of hydrogen-bond donors (Lipinski definition) is 1. The number of aromatic nitrogens is 3. The minimum atomic E-state index is -0.243. The fraction of sp³-hybridized carbons (Fsp3) is 0.240. The number of amides is 1. The van der Waals surface area contributed by atoms with Crippen molar-refractivity contribution in [2.75, 3.05) is 6.61 Å². The SMILES string of the molecule is CCc1cc(OCC(=O)NCc2ccccc2Cl)nc2c1c(C)nn2-c1ccc(C)cc1. The Balaban J connectivity index is 1.55. The Labute approximate surface area is 192 Å². The van der Waals surface area contributed by atoms with E-state index in [2.05, 4.69) is 17.2 Å². The minimum absolute atomic E-state index is 0.135. The van der Waals surface area contributed by atoms with Gasteiger partial charge in [-0.05, 0) is 49.6 Å². The molecule has 0 bridgehead atoms. The number of halogens is 1. The number of hydrogen-bond acceptors (Lipinski definition) is 4. The third-order valence-corrected chi connectivity index (χ3v) is 5.68. The highest BCUT2D eigenvalue weighted by Gasteiger charge is 2.16. The van der Waals surface area contributed by atoms with Crippen molar-refractivity contribution in [3.05, 3.63) is 82.0 Å². The fourth-order valence-corrected chi connectivity index (χ4v) is 3.80. The number of fused-ring (bicyclic) bond motifs is 1. The molecule has 2 aromatic carbocycles. The molecule has 0 saturated carbocycles. The van der Waals surface area contributed by atoms with Crippen LogP contribution in [-0.2, 0) is 17.8 Å². The van der Waals surface area contributed by atoms with Crippen LogP contribution in [0.5, 0.6) is 5.88 Å². The lowest BCUT2D eigenvalue weighted by molar-refractivity contribution is -0.123. The molecule has 0 spiro atoms. The number of aryl methyl sites for hydroxylation is 3. The molecule has 1 N–H and O–H groups in total. The maximum atomic E-state index is 12.3. The van der Waals surface area contributed by atoms with Crippen LogP contribution in [0.15, 0.2) is 54.6 Å². The zero-order valence-corrected chi connectivity index (χ0v) is 19.1. The number of carbonyl (C=O) groups is 1. The van der Waals surface area contributed by atoms with Crippen LogP contribution in [0.25, 0.3) is 16.7 Å². The molecule has 4 aromatic rings. The summed E-state index contributed by atoms with van der Waals surface area (Å²) in [6.45, 7) is 6.32. The van der Waals surface area contributed by atoms with Crippen LogP contribution in [-0.4, -0.2) is 27.3 Å². The second-order valence-electron chi connectivity index (χ2n) is 7.66. The van der Waals surface area contributed by atoms with E-state index >= 15 is 0 Å². The van der Waals surface area contributed by atoms with Crippen molar-refractivity contribution in [1.82, 2.24) is 20.1 Å². The van der Waals surface area contributed by atoms with Gasteiger partial charge in [0.05, 0.1) is 11.4 Å². The Morgan fingerprint density at radius 1 is 1.09 bits per heavy atom. The molecule has 2 aromatic heterocycles. The van der Waals surface area contributed by atoms with E-state index in [1.165, 1.54) is 5.56 Å². The van der Waals surface area contributed by atoms with E-state index < -0.39 is 0 Å². The van der Waals surface area contributed by atoms with Crippen LogP contribution >= 0.6 is 11.6 Å². The van der Waals surface area contributed by atoms with Crippen molar-refractivity contribution in [2.45, 2.75) is 33.7 Å². The topological polar surface area (TPSA) is 69.0 Å². The molecule has 0 aliphatic carbocycles. The smallest absolute Gasteiger partial charge is 0.258 e. The number of nitrogens with zero attached hydrogens (tertiary/aromatic N) is 3. The molecule has 0 radical (unpaired) electrons. The number of nitrogens with one attached hydrogen (secondary N) is 1. The third-order valence-electron chi connectivity index (χ3n) is 5.32. The van der Waals surface area contributed by atoms with E-state index in [1.807, 2.05) is 67.1 Å². The van der Waals surface area contributed by atoms with E-state index in [0.29, 0.717) is 17.4 Å². The first-order valence-corrected chi connectivity index (χ1v) is 10.9. The van der Waals surface area contributed by atoms with Crippen molar-refractivity contribution in [1.29, 1.82) is 0 Å². The summed E-state index contributed by atoms with van der Waals surface area (Å²) in [5.74, 6) is 0.156. The predicted octanol–water partition coefficient (Wildman–Crippen LogP) is 4.95. The molecule has 1 amide bonds. The Kier molecular flexibility index (Phi) is 6.42. The summed E-state index contributed by atoms with van der Waals surface area (Å²) in [6, 6.07) is 17.4. The monoisotopic (exact) mass is 448 g/mol. The summed E-state index contributed by atoms with van der Waals surface area (Å²) < 4.78 is 7.59. The van der Waals surface area contributed by atoms with E-state index in [4.69, 9.17) is 21.4 Å². The largest absolute Gasteiger partial charge is 0.468 e. The lowest BCUT2D eigenvalue weighted by Gasteiger charge is -2.10. The number of ether oxygens (including phenoxy) is 1. The van der Waals surface area contributed by atoms with Gasteiger partial charge in [-0.3, -0.25) is 4.79 Å². The molecule has 0 aliphatic rings. The Hall–Kier alpha value is -3.38. The van der Waals surface area contributed by atoms with Crippen LogP contribution in [0.3, 0.4) is 0 Å². The molecule has 0 saturated heterocycles. The van der Waals surface area contributed by atoms with Crippen LogP contribution < -0.4 is 10.1 Å². The van der Waals surface area contributed by atoms with E-state index in [0.717, 1.165) is 40.0 Å². The fourth-order valence-electron chi connectivity index (χ4n) is 3.60. The number of benzene rings is 2. The molecule has 4 rings (SSSR count). The average Bonchev–Trinajstić information content (AvgIpc) is 3.13. The number of pyridine rings is 1. The van der Waals surface area contributed by atoms with Gasteiger partial charge < -0.3 is 10.1 Å². The summed E-state index contributed by atoms with van der Waals surface area (Å²) in [5, 5.41) is 9.18. The van der Waals surface area contributed by atoms with Gasteiger partial charge in [-0.1, -0.05) is 54.4 Å². The van der Waals surface area contributed by atoms with E-state index in [1.54, 1.807) is 6.07 Å². The first-order chi connectivity index (χ1) is 15.5. The van der Waals surface area contributed by atoms with Gasteiger partial charge in [-0.2, -0.15) is 10.1 Å². The highest BCUT2D eigenvalue weighted by atomic mass is 35.5. The maximum Gasteiger partial charge on any atom is 0.258 e. The van der Waals surface area contributed by atoms with Crippen LogP contribution in [0.1, 0.15) is 29.3 Å². The molecular weight excluding hydrogens is 424 g/mol. The van der Waals surface area contributed by atoms with Crippen molar-refractivity contribution in [3.63, 3.8) is 0 Å². The molecule has 32 heavy (non-hydrogen) atoms. The Morgan fingerprint density at radius 2 is 1.84 bits per heavy atom. The summed E-state index contributed by atoms with van der Waals surface area (Å²) in [6.07, 6.45) is 0.800. The van der Waals surface area contributed by atoms with E-state index in [-0.39, 0.29) is 12.5 Å². The standard InChI is InChI=1S/C25H25ClN4O2/c1-4-18-13-23(32-15-22(31)27-14-19-7-5-6-8-21(19)26)28-25-24(18)17(3)29-30(25)20-11-9-16(2)10-12-20/h5-13H,4,14-15H2,1-3H3,(H,27,31). The Bertz CT molecular complexity index is 1270. The maximum absolute atomic E-state index is 12.3. The first kappa shape index (κ1) is 21.8. The van der Waals surface area contributed by atoms with Gasteiger partial charge in [0.1, 0.15) is 0 Å². The second kappa shape index (κ2) is 9.40. The van der Waals surface area contributed by atoms with Gasteiger partial charge in [0.25, 0.3) is 5.91 Å². The highest BCUT2D eigenvalue weighted by Crippen LogP contribution is 2.27. The summed E-state index contributed by atoms with van der Waals surface area (Å²) in [4.78, 5) is 17.0. The molecule has 2 heterocycles. The average molecular weight is 449 g/mol. The lowest BCUT2D eigenvalue weighted by atomic mass is 10.1. The van der Waals surface area contributed by atoms with Crippen LogP contribution in [0.4, 0.5) is 0 Å². The third kappa shape index (κ3) is 4.60. The quantitative estimate of drug-likeness (QED) is 0.434. The summed E-state index contributed by atoms with van der Waals surface area (Å²) in [5.41, 5.74) is 5.67. The molecule has 164 valence electrons. The van der Waals surface area contributed by atoms with Crippen molar-refractivity contribution >= 4 is 28.5 Å². The van der Waals surface area contributed by atoms with Crippen molar-refractivity contribution in [3.8, 4) is 11.6 Å². The van der Waals surface area contributed by atoms with E-state index in [9.17, 15) is 4.79 Å². The van der Waals surface area contributed by atoms with Gasteiger partial charge in [-0.25, -0.2) is 4.68 Å². The normalized spacial score (nSPS) is 11.0. The summed E-state index contributed by atoms with van der Waals surface area (Å²) in [7, 11) is 0. The van der Waals surface area contributed by atoms with Gasteiger partial charge in [-0.15, -0.1) is 0 Å². The molecule has 0 unspecified atom stereocenters. The first-order valence-electron chi connectivity index (χ1n) is 10.6. The summed E-state index contributed by atoms with van der Waals surface area (Å²) >= 11 is 6.14. The number of rotatable bonds is 7. The van der Waals surface area contributed by atoms with Crippen LogP contribution in [0, 0.1) is 13.8 Å². The predicted molar refractivity (Wildman–Crippen MR) is 127 cm³/mol. The molecule has 6 nitrogen and oxygen atoms in total. The lowest BCUT2D eigenvalue weighted by Crippen LogP contribution is -2.28. The minimum Gasteiger partial charge on any atom is -0.468 e. The molecule has 0 atom stereocenters. The zero-order chi connectivity index (χ0) is 22.7. The molecular formula is C25H25ClN4O2. The second-order valence-corrected chi connectivity index (χ2v) is 8.07. The number of carbonyl (C=O) groups excluding carboxylic acids is 1. The van der Waals surface area contributed by atoms with Gasteiger partial charge in [0, 0.05) is 23.0 Å². The Morgan fingerprint density at radius 3 is 2.56 bits per heavy atom. The highest BCUT2D eigenvalue weighted by molar-refractivity contribution is 6.31. The zero-order valence-electron chi connectivity index (χ0n) is 18.4. The van der Waals surface area contributed by atoms with Gasteiger partial charge >= 0.3 is 0 Å². The molecule has 7 heteroatoms. The molecule has 0 fully saturated rings. The molecule has 0 aliphatic heterocycles. The van der Waals surface area contributed by atoms with Crippen molar-refractivity contribution < 1.29 is 9.53 Å². The van der Waals surface area contributed by atoms with Crippen LogP contribution in [0.2, 0.25) is 5.02 Å².